The molecule has 3 unspecified atom stereocenters. The van der Waals surface area contributed by atoms with Crippen molar-refractivity contribution in [2.45, 2.75) is 58.8 Å². The minimum absolute atomic E-state index is 0. The van der Waals surface area contributed by atoms with Crippen LogP contribution in [-0.2, 0) is 0 Å². The van der Waals surface area contributed by atoms with Gasteiger partial charge in [-0.1, -0.05) is 33.6 Å². The van der Waals surface area contributed by atoms with Gasteiger partial charge in [0.2, 0.25) is 0 Å². The first-order valence-electron chi connectivity index (χ1n) is 6.05. The fourth-order valence-corrected chi connectivity index (χ4v) is 2.78. The summed E-state index contributed by atoms with van der Waals surface area (Å²) in [7, 11) is 0. The zero-order valence-electron chi connectivity index (χ0n) is 10.3. The summed E-state index contributed by atoms with van der Waals surface area (Å²) in [5, 5.41) is 34.8. The van der Waals surface area contributed by atoms with Gasteiger partial charge in [-0.2, -0.15) is 0 Å². The molecular weight excluding hydrogens is 231 g/mol. The van der Waals surface area contributed by atoms with Crippen molar-refractivity contribution < 1.29 is 15.3 Å². The summed E-state index contributed by atoms with van der Waals surface area (Å²) >= 11 is 0. The van der Waals surface area contributed by atoms with Crippen molar-refractivity contribution in [3.63, 3.8) is 0 Å². The van der Waals surface area contributed by atoms with Gasteiger partial charge in [-0.25, -0.2) is 0 Å². The SMILES string of the molecule is CCCC(C)C1(CC)C(O)NC(O)NC1O.[NaH]. The van der Waals surface area contributed by atoms with Crippen LogP contribution in [0.1, 0.15) is 40.0 Å². The van der Waals surface area contributed by atoms with Crippen LogP contribution in [0, 0.1) is 11.3 Å². The number of rotatable bonds is 4. The third-order valence-corrected chi connectivity index (χ3v) is 3.90. The van der Waals surface area contributed by atoms with E-state index in [-0.39, 0.29) is 35.5 Å². The average molecular weight is 256 g/mol. The van der Waals surface area contributed by atoms with Gasteiger partial charge in [-0.05, 0) is 12.3 Å². The molecule has 98 valence electrons. The van der Waals surface area contributed by atoms with E-state index in [2.05, 4.69) is 17.6 Å². The normalized spacial score (nSPS) is 39.5. The van der Waals surface area contributed by atoms with E-state index >= 15 is 0 Å². The predicted octanol–water partition coefficient (Wildman–Crippen LogP) is -0.724. The molecular formula is C11H25N2NaO3. The molecule has 5 N–H and O–H groups in total. The van der Waals surface area contributed by atoms with Gasteiger partial charge < -0.3 is 15.3 Å². The molecule has 0 bridgehead atoms. The Morgan fingerprint density at radius 3 is 1.94 bits per heavy atom. The summed E-state index contributed by atoms with van der Waals surface area (Å²) in [6, 6.07) is 0. The Kier molecular flexibility index (Phi) is 7.75. The first-order valence-corrected chi connectivity index (χ1v) is 6.05. The monoisotopic (exact) mass is 256 g/mol. The second-order valence-electron chi connectivity index (χ2n) is 4.70. The number of nitrogens with one attached hydrogen (secondary N) is 2. The first-order chi connectivity index (χ1) is 7.48. The van der Waals surface area contributed by atoms with Gasteiger partial charge in [0.1, 0.15) is 12.5 Å². The van der Waals surface area contributed by atoms with Gasteiger partial charge in [-0.3, -0.25) is 10.6 Å². The predicted molar refractivity (Wildman–Crippen MR) is 68.2 cm³/mol. The Labute approximate surface area is 125 Å². The van der Waals surface area contributed by atoms with Crippen molar-refractivity contribution in [3.05, 3.63) is 0 Å². The minimum atomic E-state index is -1.06. The van der Waals surface area contributed by atoms with Crippen molar-refractivity contribution in [3.8, 4) is 0 Å². The van der Waals surface area contributed by atoms with Crippen molar-refractivity contribution in [2.24, 2.45) is 11.3 Å². The fraction of sp³-hybridized carbons (Fsp3) is 1.00. The van der Waals surface area contributed by atoms with Crippen LogP contribution in [0.25, 0.3) is 0 Å². The zero-order valence-corrected chi connectivity index (χ0v) is 10.3. The van der Waals surface area contributed by atoms with E-state index in [1.54, 1.807) is 0 Å². The van der Waals surface area contributed by atoms with E-state index in [1.807, 2.05) is 13.8 Å². The van der Waals surface area contributed by atoms with Gasteiger partial charge in [0.25, 0.3) is 0 Å². The summed E-state index contributed by atoms with van der Waals surface area (Å²) in [5.74, 6) is 0.167. The molecule has 3 atom stereocenters. The standard InChI is InChI=1S/C11H24N2O3.Na.H/c1-4-6-7(3)11(5-2)8(14)12-10(16)13-9(11)15;;/h7-10,12-16H,4-6H2,1-3H3;;. The molecule has 6 heteroatoms. The molecule has 1 aliphatic rings. The molecule has 17 heavy (non-hydrogen) atoms. The number of hydrogen-bond acceptors (Lipinski definition) is 5. The molecule has 0 aromatic rings. The van der Waals surface area contributed by atoms with Gasteiger partial charge in [0.15, 0.2) is 6.35 Å². The summed E-state index contributed by atoms with van der Waals surface area (Å²) in [6.45, 7) is 6.05. The second-order valence-corrected chi connectivity index (χ2v) is 4.70. The van der Waals surface area contributed by atoms with E-state index in [1.165, 1.54) is 0 Å². The third-order valence-electron chi connectivity index (χ3n) is 3.90. The van der Waals surface area contributed by atoms with Gasteiger partial charge in [0.05, 0.1) is 5.41 Å². The van der Waals surface area contributed by atoms with Crippen LogP contribution in [0.5, 0.6) is 0 Å². The molecule has 0 aliphatic carbocycles. The molecule has 0 spiro atoms. The number of aliphatic hydroxyl groups excluding tert-OH is 3. The van der Waals surface area contributed by atoms with Gasteiger partial charge in [0, 0.05) is 0 Å². The van der Waals surface area contributed by atoms with Crippen LogP contribution in [0.3, 0.4) is 0 Å². The Balaban J connectivity index is 0.00000256. The van der Waals surface area contributed by atoms with Gasteiger partial charge in [-0.15, -0.1) is 0 Å². The quantitative estimate of drug-likeness (QED) is 0.429. The van der Waals surface area contributed by atoms with Crippen LogP contribution >= 0.6 is 0 Å². The Morgan fingerprint density at radius 1 is 1.12 bits per heavy atom. The number of aliphatic hydroxyl groups is 3. The topological polar surface area (TPSA) is 84.8 Å². The van der Waals surface area contributed by atoms with E-state index < -0.39 is 24.2 Å². The van der Waals surface area contributed by atoms with Crippen molar-refractivity contribution in [1.82, 2.24) is 10.6 Å². The van der Waals surface area contributed by atoms with E-state index in [0.717, 1.165) is 12.8 Å². The Bertz CT molecular complexity index is 210. The molecule has 0 aromatic heterocycles. The Morgan fingerprint density at radius 2 is 1.59 bits per heavy atom. The van der Waals surface area contributed by atoms with Crippen LogP contribution < -0.4 is 10.6 Å². The molecule has 0 radical (unpaired) electrons. The van der Waals surface area contributed by atoms with E-state index in [0.29, 0.717) is 6.42 Å². The molecule has 1 saturated heterocycles. The van der Waals surface area contributed by atoms with Crippen LogP contribution in [0.15, 0.2) is 0 Å². The van der Waals surface area contributed by atoms with Crippen molar-refractivity contribution >= 4 is 29.6 Å². The Hall–Kier alpha value is 0.800. The molecule has 1 fully saturated rings. The summed E-state index contributed by atoms with van der Waals surface area (Å²) < 4.78 is 0. The molecule has 1 aliphatic heterocycles. The van der Waals surface area contributed by atoms with E-state index in [9.17, 15) is 15.3 Å². The van der Waals surface area contributed by atoms with Crippen LogP contribution in [0.4, 0.5) is 0 Å². The van der Waals surface area contributed by atoms with Crippen molar-refractivity contribution in [2.75, 3.05) is 0 Å². The molecule has 0 amide bonds. The average Bonchev–Trinajstić information content (AvgIpc) is 2.18. The molecule has 0 aromatic carbocycles. The third kappa shape index (κ3) is 3.42. The summed E-state index contributed by atoms with van der Waals surface area (Å²) in [6.07, 6.45) is -0.274. The molecule has 1 rings (SSSR count). The molecule has 5 nitrogen and oxygen atoms in total. The summed E-state index contributed by atoms with van der Waals surface area (Å²) in [5.41, 5.74) is -0.644. The maximum atomic E-state index is 10.1. The second kappa shape index (κ2) is 7.40. The fourth-order valence-electron chi connectivity index (χ4n) is 2.78. The van der Waals surface area contributed by atoms with Gasteiger partial charge >= 0.3 is 29.6 Å². The van der Waals surface area contributed by atoms with Crippen molar-refractivity contribution in [1.29, 1.82) is 0 Å². The summed E-state index contributed by atoms with van der Waals surface area (Å²) in [4.78, 5) is 0. The number of hydrogen-bond donors (Lipinski definition) is 5. The van der Waals surface area contributed by atoms with Crippen LogP contribution in [-0.4, -0.2) is 63.7 Å². The molecule has 1 heterocycles. The zero-order chi connectivity index (χ0) is 12.3. The van der Waals surface area contributed by atoms with Crippen LogP contribution in [0.2, 0.25) is 0 Å². The first kappa shape index (κ1) is 17.8. The molecule has 0 saturated carbocycles. The van der Waals surface area contributed by atoms with E-state index in [4.69, 9.17) is 0 Å². The maximum absolute atomic E-state index is 10.1.